The van der Waals surface area contributed by atoms with Crippen LogP contribution in [0, 0.1) is 6.92 Å². The molecule has 0 amide bonds. The minimum atomic E-state index is -1.03. The number of rotatable bonds is 5. The van der Waals surface area contributed by atoms with Gasteiger partial charge in [0, 0.05) is 5.56 Å². The molecule has 1 N–H and O–H groups in total. The lowest BCUT2D eigenvalue weighted by Crippen LogP contribution is -2.06. The number of aryl methyl sites for hydroxylation is 1. The van der Waals surface area contributed by atoms with Crippen LogP contribution in [0.25, 0.3) is 11.4 Å². The Balaban J connectivity index is 2.04. The molecule has 1 heterocycles. The molecule has 2 aromatic rings. The van der Waals surface area contributed by atoms with Crippen molar-refractivity contribution in [2.24, 2.45) is 0 Å². The lowest BCUT2D eigenvalue weighted by Gasteiger charge is -1.95. The number of ether oxygens (including phenoxy) is 1. The van der Waals surface area contributed by atoms with E-state index in [0.29, 0.717) is 5.82 Å². The second-order valence-electron chi connectivity index (χ2n) is 3.77. The molecule has 0 unspecified atom stereocenters. The van der Waals surface area contributed by atoms with Crippen molar-refractivity contribution < 1.29 is 19.2 Å². The molecule has 0 saturated carbocycles. The monoisotopic (exact) mass is 248 g/mol. The largest absolute Gasteiger partial charge is 0.480 e. The molecule has 0 aliphatic carbocycles. The Morgan fingerprint density at radius 2 is 2.33 bits per heavy atom. The van der Waals surface area contributed by atoms with E-state index in [9.17, 15) is 4.79 Å². The zero-order valence-corrected chi connectivity index (χ0v) is 9.79. The molecule has 18 heavy (non-hydrogen) atoms. The summed E-state index contributed by atoms with van der Waals surface area (Å²) in [7, 11) is 0. The first-order chi connectivity index (χ1) is 8.65. The van der Waals surface area contributed by atoms with E-state index in [1.807, 2.05) is 31.2 Å². The van der Waals surface area contributed by atoms with Gasteiger partial charge in [-0.15, -0.1) is 0 Å². The van der Waals surface area contributed by atoms with Crippen LogP contribution in [0.2, 0.25) is 0 Å². The number of hydrogen-bond acceptors (Lipinski definition) is 5. The number of carboxylic acid groups (broad SMARTS) is 1. The third-order valence-electron chi connectivity index (χ3n) is 2.20. The first kappa shape index (κ1) is 12.3. The van der Waals surface area contributed by atoms with E-state index in [0.717, 1.165) is 11.1 Å². The average Bonchev–Trinajstić information content (AvgIpc) is 2.77. The van der Waals surface area contributed by atoms with Crippen LogP contribution in [-0.2, 0) is 16.1 Å². The van der Waals surface area contributed by atoms with E-state index in [1.165, 1.54) is 0 Å². The van der Waals surface area contributed by atoms with Gasteiger partial charge in [-0.25, -0.2) is 4.79 Å². The zero-order valence-electron chi connectivity index (χ0n) is 9.79. The van der Waals surface area contributed by atoms with Crippen LogP contribution < -0.4 is 0 Å². The van der Waals surface area contributed by atoms with Crippen molar-refractivity contribution in [3.8, 4) is 11.4 Å². The number of hydrogen-bond donors (Lipinski definition) is 1. The van der Waals surface area contributed by atoms with Crippen molar-refractivity contribution in [3.63, 3.8) is 0 Å². The van der Waals surface area contributed by atoms with Crippen LogP contribution in [0.1, 0.15) is 11.5 Å². The number of carboxylic acids is 1. The van der Waals surface area contributed by atoms with Crippen molar-refractivity contribution in [2.75, 3.05) is 6.61 Å². The van der Waals surface area contributed by atoms with Crippen molar-refractivity contribution in [1.82, 2.24) is 10.1 Å². The molecular weight excluding hydrogens is 236 g/mol. The van der Waals surface area contributed by atoms with E-state index in [-0.39, 0.29) is 19.1 Å². The zero-order chi connectivity index (χ0) is 13.0. The Hall–Kier alpha value is -2.21. The quantitative estimate of drug-likeness (QED) is 0.865. The van der Waals surface area contributed by atoms with E-state index < -0.39 is 5.97 Å². The Morgan fingerprint density at radius 1 is 1.50 bits per heavy atom. The fourth-order valence-electron chi connectivity index (χ4n) is 1.44. The molecule has 94 valence electrons. The second-order valence-corrected chi connectivity index (χ2v) is 3.77. The molecule has 0 fully saturated rings. The Kier molecular flexibility index (Phi) is 3.69. The van der Waals surface area contributed by atoms with Crippen molar-refractivity contribution in [3.05, 3.63) is 35.7 Å². The number of nitrogens with zero attached hydrogens (tertiary/aromatic N) is 2. The minimum absolute atomic E-state index is 0.00881. The van der Waals surface area contributed by atoms with Crippen LogP contribution in [0.5, 0.6) is 0 Å². The topological polar surface area (TPSA) is 85.5 Å². The van der Waals surface area contributed by atoms with Gasteiger partial charge in [-0.3, -0.25) is 0 Å². The molecule has 2 rings (SSSR count). The first-order valence-corrected chi connectivity index (χ1v) is 5.34. The maximum atomic E-state index is 10.3. The molecule has 0 bridgehead atoms. The molecule has 0 radical (unpaired) electrons. The van der Waals surface area contributed by atoms with Gasteiger partial charge in [0.25, 0.3) is 5.89 Å². The number of aliphatic carboxylic acids is 1. The van der Waals surface area contributed by atoms with Crippen LogP contribution in [-0.4, -0.2) is 27.8 Å². The summed E-state index contributed by atoms with van der Waals surface area (Å²) in [5.74, 6) is -0.311. The Bertz CT molecular complexity index is 551. The molecule has 1 aromatic heterocycles. The predicted octanol–water partition coefficient (Wildman–Crippen LogP) is 1.65. The standard InChI is InChI=1S/C12H12N2O4/c1-8-3-2-4-9(5-8)12-13-10(18-14-12)6-17-7-11(15)16/h2-5H,6-7H2,1H3,(H,15,16). The summed E-state index contributed by atoms with van der Waals surface area (Å²) in [6, 6.07) is 7.69. The molecule has 0 aliphatic heterocycles. The fourth-order valence-corrected chi connectivity index (χ4v) is 1.44. The van der Waals surface area contributed by atoms with Crippen molar-refractivity contribution in [1.29, 1.82) is 0 Å². The Labute approximate surface area is 103 Å². The molecule has 0 spiro atoms. The third-order valence-corrected chi connectivity index (χ3v) is 2.20. The van der Waals surface area contributed by atoms with Crippen molar-refractivity contribution in [2.45, 2.75) is 13.5 Å². The highest BCUT2D eigenvalue weighted by Crippen LogP contribution is 2.17. The van der Waals surface area contributed by atoms with E-state index in [2.05, 4.69) is 10.1 Å². The van der Waals surface area contributed by atoms with Crippen LogP contribution >= 0.6 is 0 Å². The van der Waals surface area contributed by atoms with Gasteiger partial charge in [0.05, 0.1) is 0 Å². The van der Waals surface area contributed by atoms with Gasteiger partial charge >= 0.3 is 5.97 Å². The SMILES string of the molecule is Cc1cccc(-c2noc(COCC(=O)O)n2)c1. The van der Waals surface area contributed by atoms with Crippen LogP contribution in [0.15, 0.2) is 28.8 Å². The fraction of sp³-hybridized carbons (Fsp3) is 0.250. The lowest BCUT2D eigenvalue weighted by molar-refractivity contribution is -0.142. The highest BCUT2D eigenvalue weighted by atomic mass is 16.5. The lowest BCUT2D eigenvalue weighted by atomic mass is 10.1. The second kappa shape index (κ2) is 5.42. The van der Waals surface area contributed by atoms with Gasteiger partial charge in [-0.1, -0.05) is 28.9 Å². The average molecular weight is 248 g/mol. The number of aromatic nitrogens is 2. The first-order valence-electron chi connectivity index (χ1n) is 5.34. The summed E-state index contributed by atoms with van der Waals surface area (Å²) in [5, 5.41) is 12.2. The molecule has 6 heteroatoms. The van der Waals surface area contributed by atoms with E-state index in [4.69, 9.17) is 14.4 Å². The number of carbonyl (C=O) groups is 1. The molecule has 1 aromatic carbocycles. The molecule has 0 aliphatic rings. The molecular formula is C12H12N2O4. The smallest absolute Gasteiger partial charge is 0.329 e. The van der Waals surface area contributed by atoms with Crippen molar-refractivity contribution >= 4 is 5.97 Å². The van der Waals surface area contributed by atoms with Gasteiger partial charge in [0.2, 0.25) is 5.82 Å². The highest BCUT2D eigenvalue weighted by Gasteiger charge is 2.09. The molecule has 6 nitrogen and oxygen atoms in total. The normalized spacial score (nSPS) is 10.5. The van der Waals surface area contributed by atoms with Gasteiger partial charge in [0.15, 0.2) is 0 Å². The maximum Gasteiger partial charge on any atom is 0.329 e. The van der Waals surface area contributed by atoms with E-state index in [1.54, 1.807) is 0 Å². The number of benzene rings is 1. The van der Waals surface area contributed by atoms with Gasteiger partial charge in [-0.05, 0) is 13.0 Å². The summed E-state index contributed by atoms with van der Waals surface area (Å²) in [6.45, 7) is 1.58. The van der Waals surface area contributed by atoms with Crippen LogP contribution in [0.4, 0.5) is 0 Å². The van der Waals surface area contributed by atoms with Crippen LogP contribution in [0.3, 0.4) is 0 Å². The molecule has 0 atom stereocenters. The summed E-state index contributed by atoms with van der Waals surface area (Å²) >= 11 is 0. The summed E-state index contributed by atoms with van der Waals surface area (Å²) in [4.78, 5) is 14.4. The summed E-state index contributed by atoms with van der Waals surface area (Å²) < 4.78 is 9.82. The van der Waals surface area contributed by atoms with Gasteiger partial charge in [0.1, 0.15) is 13.2 Å². The van der Waals surface area contributed by atoms with Gasteiger partial charge in [-0.2, -0.15) is 4.98 Å². The molecule has 0 saturated heterocycles. The minimum Gasteiger partial charge on any atom is -0.480 e. The summed E-state index contributed by atoms with van der Waals surface area (Å²) in [6.07, 6.45) is 0. The predicted molar refractivity (Wildman–Crippen MR) is 61.8 cm³/mol. The highest BCUT2D eigenvalue weighted by molar-refractivity contribution is 5.67. The van der Waals surface area contributed by atoms with Gasteiger partial charge < -0.3 is 14.4 Å². The third kappa shape index (κ3) is 3.14. The summed E-state index contributed by atoms with van der Waals surface area (Å²) in [5.41, 5.74) is 1.95. The Morgan fingerprint density at radius 3 is 3.06 bits per heavy atom. The maximum absolute atomic E-state index is 10.3. The van der Waals surface area contributed by atoms with E-state index >= 15 is 0 Å².